The first-order chi connectivity index (χ1) is 16.3. The number of rotatable bonds is 4. The maximum Gasteiger partial charge on any atom is 0.259 e. The van der Waals surface area contributed by atoms with Gasteiger partial charge >= 0.3 is 0 Å². The highest BCUT2D eigenvalue weighted by molar-refractivity contribution is 7.18. The average molecular weight is 480 g/mol. The van der Waals surface area contributed by atoms with Gasteiger partial charge in [-0.1, -0.05) is 26.8 Å². The number of aromatic nitrogens is 3. The lowest BCUT2D eigenvalue weighted by Crippen LogP contribution is -2.49. The zero-order chi connectivity index (χ0) is 23.9. The van der Waals surface area contributed by atoms with Crippen molar-refractivity contribution in [2.24, 2.45) is 11.3 Å². The van der Waals surface area contributed by atoms with Crippen LogP contribution in [0.3, 0.4) is 0 Å². The molecule has 0 unspecified atom stereocenters. The molecule has 0 radical (unpaired) electrons. The van der Waals surface area contributed by atoms with Gasteiger partial charge < -0.3 is 14.8 Å². The van der Waals surface area contributed by atoms with Gasteiger partial charge in [-0.2, -0.15) is 0 Å². The van der Waals surface area contributed by atoms with E-state index >= 15 is 0 Å². The van der Waals surface area contributed by atoms with Crippen molar-refractivity contribution in [3.63, 3.8) is 0 Å². The van der Waals surface area contributed by atoms with E-state index in [0.717, 1.165) is 48.4 Å². The van der Waals surface area contributed by atoms with E-state index < -0.39 is 0 Å². The fourth-order valence-electron chi connectivity index (χ4n) is 5.20. The number of hydrogen-bond donors (Lipinski definition) is 1. The second-order valence-electron chi connectivity index (χ2n) is 10.6. The lowest BCUT2D eigenvalue weighted by molar-refractivity contribution is -0.131. The Kier molecular flexibility index (Phi) is 6.18. The molecule has 1 atom stereocenters. The monoisotopic (exact) mass is 479 g/mol. The fraction of sp³-hybridized carbons (Fsp3) is 0.538. The normalized spacial score (nSPS) is 18.9. The molecule has 2 aliphatic rings. The minimum Gasteiger partial charge on any atom is -0.353 e. The summed E-state index contributed by atoms with van der Waals surface area (Å²) in [6.45, 7) is 9.83. The number of pyridine rings is 1. The molecular formula is C26H33N5O2S. The number of aromatic amines is 1. The highest BCUT2D eigenvalue weighted by Gasteiger charge is 2.31. The van der Waals surface area contributed by atoms with Crippen molar-refractivity contribution in [1.82, 2.24) is 19.9 Å². The number of anilines is 1. The van der Waals surface area contributed by atoms with Crippen molar-refractivity contribution in [1.29, 1.82) is 0 Å². The summed E-state index contributed by atoms with van der Waals surface area (Å²) in [7, 11) is 0. The standard InChI is InChI=1S/C26H33N5O2S/c1-26(2,3)17-7-8-18-19(16-17)34-25-23(18)24(33)28-20(29-25)9-10-22(32)31-14-12-30(13-15-31)21-6-4-5-11-27-21/h4-6,11,17H,7-10,12-16H2,1-3H3,(H,28,29,33)/t17-/m0/s1. The second kappa shape index (κ2) is 9.13. The summed E-state index contributed by atoms with van der Waals surface area (Å²) in [5.74, 6) is 2.31. The summed E-state index contributed by atoms with van der Waals surface area (Å²) in [5, 5.41) is 0.771. The minimum absolute atomic E-state index is 0.0527. The molecule has 34 heavy (non-hydrogen) atoms. The van der Waals surface area contributed by atoms with Crippen LogP contribution >= 0.6 is 11.3 Å². The summed E-state index contributed by atoms with van der Waals surface area (Å²) in [4.78, 5) is 44.2. The summed E-state index contributed by atoms with van der Waals surface area (Å²) in [6, 6.07) is 5.89. The third-order valence-electron chi connectivity index (χ3n) is 7.37. The molecule has 0 bridgehead atoms. The van der Waals surface area contributed by atoms with Crippen molar-refractivity contribution in [2.75, 3.05) is 31.1 Å². The van der Waals surface area contributed by atoms with Gasteiger partial charge in [0.1, 0.15) is 16.5 Å². The third-order valence-corrected chi connectivity index (χ3v) is 8.52. The molecule has 4 heterocycles. The van der Waals surface area contributed by atoms with Gasteiger partial charge in [-0.15, -0.1) is 11.3 Å². The van der Waals surface area contributed by atoms with E-state index in [9.17, 15) is 9.59 Å². The first-order valence-corrected chi connectivity index (χ1v) is 13.1. The van der Waals surface area contributed by atoms with Crippen molar-refractivity contribution >= 4 is 33.3 Å². The molecule has 8 heteroatoms. The van der Waals surface area contributed by atoms with Gasteiger partial charge in [-0.05, 0) is 48.3 Å². The number of aryl methyl sites for hydroxylation is 2. The lowest BCUT2D eigenvalue weighted by Gasteiger charge is -2.35. The number of H-pyrrole nitrogens is 1. The number of carbonyl (C=O) groups is 1. The smallest absolute Gasteiger partial charge is 0.259 e. The summed E-state index contributed by atoms with van der Waals surface area (Å²) in [5.41, 5.74) is 1.41. The maximum absolute atomic E-state index is 12.9. The molecule has 5 rings (SSSR count). The van der Waals surface area contributed by atoms with E-state index in [1.54, 1.807) is 17.5 Å². The lowest BCUT2D eigenvalue weighted by atomic mass is 9.72. The number of nitrogens with one attached hydrogen (secondary N) is 1. The predicted molar refractivity (Wildman–Crippen MR) is 137 cm³/mol. The Labute approximate surface area is 204 Å². The molecule has 1 amide bonds. The number of hydrogen-bond acceptors (Lipinski definition) is 6. The average Bonchev–Trinajstić information content (AvgIpc) is 3.21. The number of thiophene rings is 1. The molecule has 7 nitrogen and oxygen atoms in total. The van der Waals surface area contributed by atoms with E-state index in [1.807, 2.05) is 23.1 Å². The molecule has 3 aromatic heterocycles. The van der Waals surface area contributed by atoms with Gasteiger partial charge in [0.15, 0.2) is 0 Å². The number of carbonyl (C=O) groups excluding carboxylic acids is 1. The molecule has 1 aliphatic heterocycles. The van der Waals surface area contributed by atoms with Crippen LogP contribution in [0.15, 0.2) is 29.2 Å². The Bertz CT molecular complexity index is 1240. The van der Waals surface area contributed by atoms with Gasteiger partial charge in [0, 0.05) is 50.1 Å². The zero-order valence-electron chi connectivity index (χ0n) is 20.3. The number of fused-ring (bicyclic) bond motifs is 3. The van der Waals surface area contributed by atoms with Crippen LogP contribution in [0, 0.1) is 11.3 Å². The quantitative estimate of drug-likeness (QED) is 0.615. The minimum atomic E-state index is -0.0527. The molecular weight excluding hydrogens is 446 g/mol. The second-order valence-corrected chi connectivity index (χ2v) is 11.6. The Hall–Kier alpha value is -2.74. The Balaban J connectivity index is 1.23. The number of nitrogens with zero attached hydrogens (tertiary/aromatic N) is 4. The summed E-state index contributed by atoms with van der Waals surface area (Å²) < 4.78 is 0. The molecule has 1 saturated heterocycles. The molecule has 1 N–H and O–H groups in total. The maximum atomic E-state index is 12.9. The van der Waals surface area contributed by atoms with Crippen LogP contribution in [-0.4, -0.2) is 51.9 Å². The van der Waals surface area contributed by atoms with E-state index in [2.05, 4.69) is 35.6 Å². The van der Waals surface area contributed by atoms with Gasteiger partial charge in [0.05, 0.1) is 5.39 Å². The van der Waals surface area contributed by atoms with Crippen molar-refractivity contribution in [3.05, 3.63) is 51.0 Å². The van der Waals surface area contributed by atoms with E-state index in [0.29, 0.717) is 37.7 Å². The zero-order valence-corrected chi connectivity index (χ0v) is 21.1. The highest BCUT2D eigenvalue weighted by atomic mass is 32.1. The van der Waals surface area contributed by atoms with Crippen molar-refractivity contribution in [2.45, 2.75) is 52.9 Å². The van der Waals surface area contributed by atoms with Crippen LogP contribution in [0.1, 0.15) is 49.9 Å². The van der Waals surface area contributed by atoms with Gasteiger partial charge in [0.2, 0.25) is 5.91 Å². The molecule has 1 aliphatic carbocycles. The molecule has 3 aromatic rings. The number of amides is 1. The molecule has 0 spiro atoms. The first-order valence-electron chi connectivity index (χ1n) is 12.3. The van der Waals surface area contributed by atoms with Crippen LogP contribution in [0.2, 0.25) is 0 Å². The van der Waals surface area contributed by atoms with E-state index in [1.165, 1.54) is 10.4 Å². The Morgan fingerprint density at radius 1 is 1.21 bits per heavy atom. The third kappa shape index (κ3) is 4.60. The van der Waals surface area contributed by atoms with Crippen LogP contribution in [-0.2, 0) is 24.1 Å². The Morgan fingerprint density at radius 3 is 2.71 bits per heavy atom. The summed E-state index contributed by atoms with van der Waals surface area (Å²) in [6.07, 6.45) is 5.70. The molecule has 180 valence electrons. The summed E-state index contributed by atoms with van der Waals surface area (Å²) >= 11 is 1.67. The highest BCUT2D eigenvalue weighted by Crippen LogP contribution is 2.42. The first kappa shape index (κ1) is 23.0. The predicted octanol–water partition coefficient (Wildman–Crippen LogP) is 3.81. The number of piperazine rings is 1. The van der Waals surface area contributed by atoms with E-state index in [-0.39, 0.29) is 16.9 Å². The van der Waals surface area contributed by atoms with Crippen LogP contribution in [0.5, 0.6) is 0 Å². The SMILES string of the molecule is CC(C)(C)[C@H]1CCc2c(sc3nc(CCC(=O)N4CCN(c5ccccn5)CC4)[nH]c(=O)c23)C1. The van der Waals surface area contributed by atoms with Crippen LogP contribution < -0.4 is 10.5 Å². The topological polar surface area (TPSA) is 82.2 Å². The van der Waals surface area contributed by atoms with E-state index in [4.69, 9.17) is 4.98 Å². The van der Waals surface area contributed by atoms with Gasteiger partial charge in [0.25, 0.3) is 5.56 Å². The molecule has 0 saturated carbocycles. The van der Waals surface area contributed by atoms with Gasteiger partial charge in [-0.3, -0.25) is 9.59 Å². The van der Waals surface area contributed by atoms with Gasteiger partial charge in [-0.25, -0.2) is 9.97 Å². The molecule has 1 fully saturated rings. The van der Waals surface area contributed by atoms with Crippen LogP contribution in [0.25, 0.3) is 10.2 Å². The molecule has 0 aromatic carbocycles. The Morgan fingerprint density at radius 2 is 2.00 bits per heavy atom. The van der Waals surface area contributed by atoms with Crippen LogP contribution in [0.4, 0.5) is 5.82 Å². The largest absolute Gasteiger partial charge is 0.353 e. The van der Waals surface area contributed by atoms with Crippen molar-refractivity contribution in [3.8, 4) is 0 Å². The van der Waals surface area contributed by atoms with Crippen molar-refractivity contribution < 1.29 is 4.79 Å². The fourth-order valence-corrected chi connectivity index (χ4v) is 6.51.